The molecule has 20 heavy (non-hydrogen) atoms. The Balaban J connectivity index is 1.84. The zero-order valence-electron chi connectivity index (χ0n) is 12.4. The molecular weight excluding hydrogens is 242 g/mol. The molecule has 2 aromatic rings. The van der Waals surface area contributed by atoms with Gasteiger partial charge in [-0.15, -0.1) is 0 Å². The van der Waals surface area contributed by atoms with E-state index in [1.165, 1.54) is 36.1 Å². The third-order valence-electron chi connectivity index (χ3n) is 4.34. The first-order valence-corrected chi connectivity index (χ1v) is 7.55. The lowest BCUT2D eigenvalue weighted by Gasteiger charge is -2.20. The average Bonchev–Trinajstić information content (AvgIpc) is 2.79. The van der Waals surface area contributed by atoms with Gasteiger partial charge in [0.15, 0.2) is 0 Å². The summed E-state index contributed by atoms with van der Waals surface area (Å²) in [6, 6.07) is 19.9. The van der Waals surface area contributed by atoms with E-state index >= 15 is 0 Å². The molecule has 0 aromatic heterocycles. The number of rotatable bonds is 3. The molecule has 0 spiro atoms. The first-order valence-electron chi connectivity index (χ1n) is 7.55. The molecule has 1 N–H and O–H groups in total. The van der Waals surface area contributed by atoms with Gasteiger partial charge in [0, 0.05) is 17.3 Å². The predicted octanol–water partition coefficient (Wildman–Crippen LogP) is 5.34. The van der Waals surface area contributed by atoms with Gasteiger partial charge in [0.05, 0.1) is 0 Å². The van der Waals surface area contributed by atoms with Gasteiger partial charge in [-0.05, 0) is 36.3 Å². The zero-order chi connectivity index (χ0) is 14.0. The highest BCUT2D eigenvalue weighted by Crippen LogP contribution is 2.39. The Morgan fingerprint density at radius 2 is 1.65 bits per heavy atom. The summed E-state index contributed by atoms with van der Waals surface area (Å²) in [4.78, 5) is 0. The van der Waals surface area contributed by atoms with Gasteiger partial charge in [-0.3, -0.25) is 0 Å². The normalized spacial score (nSPS) is 20.8. The molecule has 0 heterocycles. The van der Waals surface area contributed by atoms with E-state index in [1.54, 1.807) is 0 Å². The smallest absolute Gasteiger partial charge is 0.0422 e. The van der Waals surface area contributed by atoms with Gasteiger partial charge in [0.25, 0.3) is 0 Å². The molecule has 3 rings (SSSR count). The minimum atomic E-state index is 0.485. The van der Waals surface area contributed by atoms with Crippen LogP contribution in [0, 0.1) is 5.41 Å². The van der Waals surface area contributed by atoms with Crippen LogP contribution in [-0.4, -0.2) is 6.04 Å². The summed E-state index contributed by atoms with van der Waals surface area (Å²) in [6.07, 6.45) is 3.85. The van der Waals surface area contributed by atoms with Crippen LogP contribution in [0.1, 0.15) is 33.1 Å². The molecule has 104 valence electrons. The van der Waals surface area contributed by atoms with Crippen molar-refractivity contribution in [1.82, 2.24) is 0 Å². The first kappa shape index (κ1) is 13.2. The molecule has 0 amide bonds. The van der Waals surface area contributed by atoms with Crippen LogP contribution in [-0.2, 0) is 0 Å². The number of hydrogen-bond donors (Lipinski definition) is 1. The van der Waals surface area contributed by atoms with Crippen molar-refractivity contribution < 1.29 is 0 Å². The fraction of sp³-hybridized carbons (Fsp3) is 0.368. The third kappa shape index (κ3) is 2.87. The fourth-order valence-corrected chi connectivity index (χ4v) is 3.26. The van der Waals surface area contributed by atoms with E-state index in [-0.39, 0.29) is 0 Å². The summed E-state index contributed by atoms with van der Waals surface area (Å²) in [5, 5.41) is 3.76. The maximum atomic E-state index is 3.76. The van der Waals surface area contributed by atoms with E-state index in [1.807, 2.05) is 0 Å². The Morgan fingerprint density at radius 3 is 2.35 bits per heavy atom. The second-order valence-electron chi connectivity index (χ2n) is 6.66. The van der Waals surface area contributed by atoms with Gasteiger partial charge in [-0.25, -0.2) is 0 Å². The second-order valence-corrected chi connectivity index (χ2v) is 6.66. The van der Waals surface area contributed by atoms with Crippen molar-refractivity contribution in [2.75, 3.05) is 5.32 Å². The van der Waals surface area contributed by atoms with Crippen molar-refractivity contribution in [2.45, 2.75) is 39.2 Å². The number of nitrogens with one attached hydrogen (secondary N) is 1. The van der Waals surface area contributed by atoms with E-state index in [0.717, 1.165) is 0 Å². The van der Waals surface area contributed by atoms with Crippen LogP contribution in [0.2, 0.25) is 0 Å². The molecule has 1 fully saturated rings. The summed E-state index contributed by atoms with van der Waals surface area (Å²) in [7, 11) is 0. The highest BCUT2D eigenvalue weighted by atomic mass is 14.9. The molecule has 0 radical (unpaired) electrons. The van der Waals surface area contributed by atoms with Crippen molar-refractivity contribution >= 4 is 5.69 Å². The monoisotopic (exact) mass is 265 g/mol. The summed E-state index contributed by atoms with van der Waals surface area (Å²) >= 11 is 0. The average molecular weight is 265 g/mol. The van der Waals surface area contributed by atoms with Gasteiger partial charge < -0.3 is 5.32 Å². The van der Waals surface area contributed by atoms with Gasteiger partial charge in [0.2, 0.25) is 0 Å². The molecule has 1 aliphatic carbocycles. The van der Waals surface area contributed by atoms with E-state index < -0.39 is 0 Å². The number of para-hydroxylation sites is 1. The van der Waals surface area contributed by atoms with Crippen LogP contribution >= 0.6 is 0 Å². The molecule has 1 nitrogen and oxygen atoms in total. The van der Waals surface area contributed by atoms with Crippen molar-refractivity contribution in [3.05, 3.63) is 54.6 Å². The van der Waals surface area contributed by atoms with Crippen LogP contribution in [0.3, 0.4) is 0 Å². The number of hydrogen-bond acceptors (Lipinski definition) is 1. The van der Waals surface area contributed by atoms with E-state index in [0.29, 0.717) is 11.5 Å². The van der Waals surface area contributed by atoms with Crippen LogP contribution in [0.5, 0.6) is 0 Å². The summed E-state index contributed by atoms with van der Waals surface area (Å²) < 4.78 is 0. The molecule has 0 saturated heterocycles. The second kappa shape index (κ2) is 5.32. The lowest BCUT2D eigenvalue weighted by Crippen LogP contribution is -2.17. The minimum Gasteiger partial charge on any atom is -0.382 e. The van der Waals surface area contributed by atoms with Crippen LogP contribution in [0.4, 0.5) is 5.69 Å². The van der Waals surface area contributed by atoms with Crippen molar-refractivity contribution in [1.29, 1.82) is 0 Å². The van der Waals surface area contributed by atoms with Crippen LogP contribution < -0.4 is 5.32 Å². The largest absolute Gasteiger partial charge is 0.382 e. The Labute approximate surface area is 122 Å². The van der Waals surface area contributed by atoms with Gasteiger partial charge in [-0.2, -0.15) is 0 Å². The quantitative estimate of drug-likeness (QED) is 0.789. The van der Waals surface area contributed by atoms with Crippen LogP contribution in [0.25, 0.3) is 11.1 Å². The highest BCUT2D eigenvalue weighted by Gasteiger charge is 2.30. The summed E-state index contributed by atoms with van der Waals surface area (Å²) in [5.74, 6) is 0. The fourth-order valence-electron chi connectivity index (χ4n) is 3.26. The molecular formula is C19H23N. The van der Waals surface area contributed by atoms with Gasteiger partial charge in [-0.1, -0.05) is 62.4 Å². The molecule has 1 atom stereocenters. The first-order chi connectivity index (χ1) is 9.64. The molecule has 1 heteroatoms. The third-order valence-corrected chi connectivity index (χ3v) is 4.34. The Hall–Kier alpha value is -1.76. The predicted molar refractivity (Wildman–Crippen MR) is 86.9 cm³/mol. The molecule has 1 saturated carbocycles. The van der Waals surface area contributed by atoms with Crippen molar-refractivity contribution in [2.24, 2.45) is 5.41 Å². The number of anilines is 1. The zero-order valence-corrected chi connectivity index (χ0v) is 12.4. The molecule has 2 aromatic carbocycles. The molecule has 1 unspecified atom stereocenters. The lowest BCUT2D eigenvalue weighted by atomic mass is 9.92. The molecule has 0 bridgehead atoms. The van der Waals surface area contributed by atoms with Crippen molar-refractivity contribution in [3.8, 4) is 11.1 Å². The lowest BCUT2D eigenvalue weighted by molar-refractivity contribution is 0.378. The minimum absolute atomic E-state index is 0.485. The van der Waals surface area contributed by atoms with E-state index in [9.17, 15) is 0 Å². The highest BCUT2D eigenvalue weighted by molar-refractivity contribution is 5.77. The maximum absolute atomic E-state index is 3.76. The Morgan fingerprint density at radius 1 is 0.950 bits per heavy atom. The standard InChI is InChI=1S/C19H23N/c1-19(2)13-12-16(14-19)20-18-11-7-6-10-17(18)15-8-4-3-5-9-15/h3-11,16,20H,12-14H2,1-2H3. The van der Waals surface area contributed by atoms with Crippen LogP contribution in [0.15, 0.2) is 54.6 Å². The van der Waals surface area contributed by atoms with E-state index in [4.69, 9.17) is 0 Å². The Bertz CT molecular complexity index is 571. The molecule has 1 aliphatic rings. The van der Waals surface area contributed by atoms with Gasteiger partial charge >= 0.3 is 0 Å². The SMILES string of the molecule is CC1(C)CCC(Nc2ccccc2-c2ccccc2)C1. The van der Waals surface area contributed by atoms with E-state index in [2.05, 4.69) is 73.8 Å². The number of benzene rings is 2. The summed E-state index contributed by atoms with van der Waals surface area (Å²) in [5.41, 5.74) is 4.34. The maximum Gasteiger partial charge on any atom is 0.0422 e. The molecule has 0 aliphatic heterocycles. The topological polar surface area (TPSA) is 12.0 Å². The van der Waals surface area contributed by atoms with Crippen molar-refractivity contribution in [3.63, 3.8) is 0 Å². The Kier molecular flexibility index (Phi) is 3.52. The van der Waals surface area contributed by atoms with Gasteiger partial charge in [0.1, 0.15) is 0 Å². The summed E-state index contributed by atoms with van der Waals surface area (Å²) in [6.45, 7) is 4.75.